The lowest BCUT2D eigenvalue weighted by Crippen LogP contribution is -2.29. The van der Waals surface area contributed by atoms with Crippen molar-refractivity contribution in [1.82, 2.24) is 9.97 Å². The highest BCUT2D eigenvalue weighted by Crippen LogP contribution is 2.20. The van der Waals surface area contributed by atoms with Crippen LogP contribution in [0.15, 0.2) is 12.4 Å². The van der Waals surface area contributed by atoms with Crippen molar-refractivity contribution in [3.05, 3.63) is 18.1 Å². The lowest BCUT2D eigenvalue weighted by atomic mass is 10.4. The largest absolute Gasteiger partial charge is 0.374 e. The number of aromatic nitrogens is 2. The molecule has 1 unspecified atom stereocenters. The van der Waals surface area contributed by atoms with Gasteiger partial charge in [0.1, 0.15) is 12.0 Å². The lowest BCUT2D eigenvalue weighted by Gasteiger charge is -2.20. The number of aliphatic hydroxyl groups is 1. The number of nitrogens with zero attached hydrogens (tertiary/aromatic N) is 3. The van der Waals surface area contributed by atoms with E-state index in [0.717, 1.165) is 30.9 Å². The third-order valence-electron chi connectivity index (χ3n) is 2.28. The normalized spacial score (nSPS) is 22.3. The molecule has 0 spiro atoms. The fourth-order valence-electron chi connectivity index (χ4n) is 1.55. The van der Waals surface area contributed by atoms with Gasteiger partial charge in [-0.2, -0.15) is 0 Å². The summed E-state index contributed by atoms with van der Waals surface area (Å²) in [6.45, 7) is 2.77. The second kappa shape index (κ2) is 3.30. The number of aliphatic hydroxyl groups excluding tert-OH is 1. The van der Waals surface area contributed by atoms with Crippen LogP contribution in [-0.2, 0) is 0 Å². The standard InChI is InChI=1S/C9H13N3O/c1-7-5-11-8(6-10-7)12-4-2-3-9(12)13/h5-6,9,13H,2-4H2,1H3. The van der Waals surface area contributed by atoms with Crippen LogP contribution in [0.1, 0.15) is 18.5 Å². The van der Waals surface area contributed by atoms with Gasteiger partial charge in [0.05, 0.1) is 18.1 Å². The van der Waals surface area contributed by atoms with Crippen LogP contribution in [0.25, 0.3) is 0 Å². The van der Waals surface area contributed by atoms with Crippen molar-refractivity contribution in [2.75, 3.05) is 11.4 Å². The van der Waals surface area contributed by atoms with Crippen molar-refractivity contribution in [3.63, 3.8) is 0 Å². The molecule has 1 aliphatic rings. The molecule has 4 nitrogen and oxygen atoms in total. The van der Waals surface area contributed by atoms with Crippen LogP contribution in [0.2, 0.25) is 0 Å². The summed E-state index contributed by atoms with van der Waals surface area (Å²) in [5, 5.41) is 9.57. The second-order valence-corrected chi connectivity index (χ2v) is 3.33. The van der Waals surface area contributed by atoms with Crippen LogP contribution in [0.4, 0.5) is 5.82 Å². The highest BCUT2D eigenvalue weighted by atomic mass is 16.3. The summed E-state index contributed by atoms with van der Waals surface area (Å²) in [6, 6.07) is 0. The second-order valence-electron chi connectivity index (χ2n) is 3.33. The molecular weight excluding hydrogens is 166 g/mol. The maximum absolute atomic E-state index is 9.57. The van der Waals surface area contributed by atoms with E-state index >= 15 is 0 Å². The molecular formula is C9H13N3O. The Morgan fingerprint density at radius 3 is 2.85 bits per heavy atom. The van der Waals surface area contributed by atoms with Crippen molar-refractivity contribution >= 4 is 5.82 Å². The summed E-state index contributed by atoms with van der Waals surface area (Å²) in [4.78, 5) is 10.2. The molecule has 1 N–H and O–H groups in total. The van der Waals surface area contributed by atoms with Gasteiger partial charge in [0.25, 0.3) is 0 Å². The average molecular weight is 179 g/mol. The summed E-state index contributed by atoms with van der Waals surface area (Å²) in [6.07, 6.45) is 4.91. The Labute approximate surface area is 77.2 Å². The van der Waals surface area contributed by atoms with Gasteiger partial charge in [0.15, 0.2) is 0 Å². The smallest absolute Gasteiger partial charge is 0.149 e. The topological polar surface area (TPSA) is 49.2 Å². The monoisotopic (exact) mass is 179 g/mol. The van der Waals surface area contributed by atoms with E-state index in [4.69, 9.17) is 0 Å². The zero-order valence-corrected chi connectivity index (χ0v) is 7.64. The Balaban J connectivity index is 2.20. The minimum Gasteiger partial charge on any atom is -0.374 e. The average Bonchev–Trinajstić information content (AvgIpc) is 2.53. The molecule has 4 heteroatoms. The van der Waals surface area contributed by atoms with Gasteiger partial charge in [-0.15, -0.1) is 0 Å². The zero-order chi connectivity index (χ0) is 9.26. The van der Waals surface area contributed by atoms with Crippen molar-refractivity contribution in [1.29, 1.82) is 0 Å². The molecule has 0 amide bonds. The quantitative estimate of drug-likeness (QED) is 0.689. The van der Waals surface area contributed by atoms with Crippen LogP contribution in [0.5, 0.6) is 0 Å². The Morgan fingerprint density at radius 1 is 1.46 bits per heavy atom. The van der Waals surface area contributed by atoms with Crippen molar-refractivity contribution < 1.29 is 5.11 Å². The predicted octanol–water partition coefficient (Wildman–Crippen LogP) is 0.704. The number of aryl methyl sites for hydroxylation is 1. The first-order chi connectivity index (χ1) is 6.27. The SMILES string of the molecule is Cc1cnc(N2CCCC2O)cn1. The maximum Gasteiger partial charge on any atom is 0.149 e. The third-order valence-corrected chi connectivity index (χ3v) is 2.28. The van der Waals surface area contributed by atoms with E-state index in [1.807, 2.05) is 11.8 Å². The third kappa shape index (κ3) is 1.62. The molecule has 0 radical (unpaired) electrons. The van der Waals surface area contributed by atoms with Crippen molar-refractivity contribution in [3.8, 4) is 0 Å². The molecule has 1 fully saturated rings. The number of anilines is 1. The maximum atomic E-state index is 9.57. The molecule has 0 saturated carbocycles. The predicted molar refractivity (Wildman–Crippen MR) is 49.4 cm³/mol. The first kappa shape index (κ1) is 8.44. The molecule has 1 saturated heterocycles. The first-order valence-electron chi connectivity index (χ1n) is 4.51. The van der Waals surface area contributed by atoms with E-state index in [1.54, 1.807) is 12.4 Å². The van der Waals surface area contributed by atoms with E-state index in [2.05, 4.69) is 9.97 Å². The highest BCUT2D eigenvalue weighted by molar-refractivity contribution is 5.37. The molecule has 0 bridgehead atoms. The van der Waals surface area contributed by atoms with Gasteiger partial charge < -0.3 is 10.0 Å². The zero-order valence-electron chi connectivity index (χ0n) is 7.64. The molecule has 0 aromatic carbocycles. The van der Waals surface area contributed by atoms with Gasteiger partial charge in [-0.1, -0.05) is 0 Å². The van der Waals surface area contributed by atoms with Crippen molar-refractivity contribution in [2.45, 2.75) is 26.0 Å². The molecule has 13 heavy (non-hydrogen) atoms. The molecule has 70 valence electrons. The Kier molecular flexibility index (Phi) is 2.14. The summed E-state index contributed by atoms with van der Waals surface area (Å²) >= 11 is 0. The van der Waals surface area contributed by atoms with Crippen LogP contribution in [0.3, 0.4) is 0 Å². The summed E-state index contributed by atoms with van der Waals surface area (Å²) in [7, 11) is 0. The van der Waals surface area contributed by atoms with Crippen molar-refractivity contribution in [2.24, 2.45) is 0 Å². The van der Waals surface area contributed by atoms with Crippen LogP contribution in [-0.4, -0.2) is 27.8 Å². The number of hydrogen-bond donors (Lipinski definition) is 1. The summed E-state index contributed by atoms with van der Waals surface area (Å²) < 4.78 is 0. The summed E-state index contributed by atoms with van der Waals surface area (Å²) in [5.74, 6) is 0.774. The van der Waals surface area contributed by atoms with Gasteiger partial charge in [-0.25, -0.2) is 4.98 Å². The lowest BCUT2D eigenvalue weighted by molar-refractivity contribution is 0.185. The fourth-order valence-corrected chi connectivity index (χ4v) is 1.55. The number of rotatable bonds is 1. The molecule has 1 aliphatic heterocycles. The Morgan fingerprint density at radius 2 is 2.31 bits per heavy atom. The Bertz CT molecular complexity index is 285. The van der Waals surface area contributed by atoms with Gasteiger partial charge in [-0.3, -0.25) is 4.98 Å². The first-order valence-corrected chi connectivity index (χ1v) is 4.51. The van der Waals surface area contributed by atoms with Crippen LogP contribution in [0, 0.1) is 6.92 Å². The Hall–Kier alpha value is -1.16. The van der Waals surface area contributed by atoms with E-state index in [0.29, 0.717) is 0 Å². The van der Waals surface area contributed by atoms with Gasteiger partial charge in [0.2, 0.25) is 0 Å². The van der Waals surface area contributed by atoms with E-state index in [1.165, 1.54) is 0 Å². The molecule has 1 atom stereocenters. The minimum absolute atomic E-state index is 0.378. The van der Waals surface area contributed by atoms with Gasteiger partial charge in [0, 0.05) is 6.54 Å². The fraction of sp³-hybridized carbons (Fsp3) is 0.556. The van der Waals surface area contributed by atoms with Crippen LogP contribution < -0.4 is 4.90 Å². The van der Waals surface area contributed by atoms with Gasteiger partial charge >= 0.3 is 0 Å². The highest BCUT2D eigenvalue weighted by Gasteiger charge is 2.22. The van der Waals surface area contributed by atoms with E-state index < -0.39 is 0 Å². The van der Waals surface area contributed by atoms with Gasteiger partial charge in [-0.05, 0) is 19.8 Å². The molecule has 2 rings (SSSR count). The minimum atomic E-state index is -0.378. The van der Waals surface area contributed by atoms with Crippen LogP contribution >= 0.6 is 0 Å². The van der Waals surface area contributed by atoms with E-state index in [-0.39, 0.29) is 6.23 Å². The molecule has 1 aromatic rings. The molecule has 0 aliphatic carbocycles. The van der Waals surface area contributed by atoms with E-state index in [9.17, 15) is 5.11 Å². The molecule has 1 aromatic heterocycles. The summed E-state index contributed by atoms with van der Waals surface area (Å²) in [5.41, 5.74) is 0.900. The molecule has 2 heterocycles. The number of hydrogen-bond acceptors (Lipinski definition) is 4.